The van der Waals surface area contributed by atoms with Gasteiger partial charge < -0.3 is 5.73 Å². The molecule has 0 aromatic rings. The number of hydrogen-bond donors (Lipinski definition) is 1. The second-order valence-corrected chi connectivity index (χ2v) is 2.51. The van der Waals surface area contributed by atoms with Gasteiger partial charge in [0.2, 0.25) is 0 Å². The molecule has 1 saturated carbocycles. The Morgan fingerprint density at radius 1 is 1.50 bits per heavy atom. The van der Waals surface area contributed by atoms with Crippen LogP contribution >= 0.6 is 0 Å². The molecule has 1 aliphatic rings. The highest BCUT2D eigenvalue weighted by Crippen LogP contribution is 2.26. The number of nitrogens with two attached hydrogens (primary N) is 1. The molecule has 0 spiro atoms. The first-order chi connectivity index (χ1) is 3.83. The molecule has 1 rings (SSSR count). The maximum absolute atomic E-state index is 12.3. The van der Waals surface area contributed by atoms with Crippen LogP contribution in [0.3, 0.4) is 0 Å². The predicted octanol–water partition coefficient (Wildman–Crippen LogP) is 1.08. The molecule has 0 unspecified atom stereocenters. The molecule has 2 heteroatoms. The maximum Gasteiger partial charge on any atom is 0.100 e. The van der Waals surface area contributed by atoms with Crippen LogP contribution < -0.4 is 5.73 Å². The molecule has 0 aromatic carbocycles. The molecule has 8 heavy (non-hydrogen) atoms. The van der Waals surface area contributed by atoms with Crippen molar-refractivity contribution < 1.29 is 4.39 Å². The van der Waals surface area contributed by atoms with Crippen LogP contribution in [0.5, 0.6) is 0 Å². The van der Waals surface area contributed by atoms with Crippen molar-refractivity contribution in [1.29, 1.82) is 0 Å². The van der Waals surface area contributed by atoms with Gasteiger partial charge in [0, 0.05) is 0 Å². The van der Waals surface area contributed by atoms with E-state index in [0.29, 0.717) is 18.9 Å². The van der Waals surface area contributed by atoms with Crippen LogP contribution in [-0.2, 0) is 0 Å². The SMILES string of the molecule is NC[C@H]1CC[C@@H](F)C1. The first-order valence-corrected chi connectivity index (χ1v) is 3.17. The molecule has 1 aliphatic carbocycles. The summed E-state index contributed by atoms with van der Waals surface area (Å²) < 4.78 is 12.3. The number of halogens is 1. The molecule has 0 bridgehead atoms. The molecule has 0 radical (unpaired) electrons. The molecular formula is C6H12FN. The minimum atomic E-state index is -0.552. The van der Waals surface area contributed by atoms with Gasteiger partial charge in [0.15, 0.2) is 0 Å². The second-order valence-electron chi connectivity index (χ2n) is 2.51. The lowest BCUT2D eigenvalue weighted by Crippen LogP contribution is -2.10. The molecule has 2 N–H and O–H groups in total. The zero-order valence-corrected chi connectivity index (χ0v) is 4.94. The smallest absolute Gasteiger partial charge is 0.100 e. The van der Waals surface area contributed by atoms with E-state index in [1.807, 2.05) is 0 Å². The highest BCUT2D eigenvalue weighted by Gasteiger charge is 2.22. The number of hydrogen-bond acceptors (Lipinski definition) is 1. The van der Waals surface area contributed by atoms with Crippen LogP contribution in [0.1, 0.15) is 19.3 Å². The lowest BCUT2D eigenvalue weighted by Gasteiger charge is -2.00. The van der Waals surface area contributed by atoms with Crippen molar-refractivity contribution in [3.63, 3.8) is 0 Å². The quantitative estimate of drug-likeness (QED) is 0.546. The fourth-order valence-electron chi connectivity index (χ4n) is 1.23. The molecule has 1 fully saturated rings. The lowest BCUT2D eigenvalue weighted by molar-refractivity contribution is 0.332. The van der Waals surface area contributed by atoms with Crippen molar-refractivity contribution in [2.24, 2.45) is 11.7 Å². The molecule has 48 valence electrons. The van der Waals surface area contributed by atoms with Crippen LogP contribution in [-0.4, -0.2) is 12.7 Å². The number of rotatable bonds is 1. The molecule has 0 aliphatic heterocycles. The molecule has 0 saturated heterocycles. The van der Waals surface area contributed by atoms with Crippen molar-refractivity contribution >= 4 is 0 Å². The van der Waals surface area contributed by atoms with E-state index in [9.17, 15) is 4.39 Å². The minimum Gasteiger partial charge on any atom is -0.330 e. The Morgan fingerprint density at radius 2 is 2.25 bits per heavy atom. The third-order valence-corrected chi connectivity index (χ3v) is 1.81. The Balaban J connectivity index is 2.22. The van der Waals surface area contributed by atoms with E-state index in [0.717, 1.165) is 12.8 Å². The Bertz CT molecular complexity index is 74.9. The Morgan fingerprint density at radius 3 is 2.50 bits per heavy atom. The van der Waals surface area contributed by atoms with E-state index in [1.165, 1.54) is 0 Å². The zero-order valence-electron chi connectivity index (χ0n) is 4.94. The van der Waals surface area contributed by atoms with E-state index in [1.54, 1.807) is 0 Å². The van der Waals surface area contributed by atoms with Crippen LogP contribution in [0.4, 0.5) is 4.39 Å². The minimum absolute atomic E-state index is 0.477. The van der Waals surface area contributed by atoms with Crippen molar-refractivity contribution in [3.05, 3.63) is 0 Å². The fourth-order valence-corrected chi connectivity index (χ4v) is 1.23. The highest BCUT2D eigenvalue weighted by molar-refractivity contribution is 4.74. The molecule has 2 atom stereocenters. The lowest BCUT2D eigenvalue weighted by atomic mass is 10.1. The van der Waals surface area contributed by atoms with Crippen molar-refractivity contribution in [2.45, 2.75) is 25.4 Å². The van der Waals surface area contributed by atoms with Gasteiger partial charge in [-0.25, -0.2) is 4.39 Å². The summed E-state index contributed by atoms with van der Waals surface area (Å²) >= 11 is 0. The molecular weight excluding hydrogens is 105 g/mol. The van der Waals surface area contributed by atoms with E-state index >= 15 is 0 Å². The van der Waals surface area contributed by atoms with Crippen molar-refractivity contribution in [3.8, 4) is 0 Å². The van der Waals surface area contributed by atoms with Gasteiger partial charge in [-0.05, 0) is 31.7 Å². The van der Waals surface area contributed by atoms with E-state index < -0.39 is 6.17 Å². The summed E-state index contributed by atoms with van der Waals surface area (Å²) in [6, 6.07) is 0. The molecule has 0 aromatic heterocycles. The summed E-state index contributed by atoms with van der Waals surface area (Å²) in [6.45, 7) is 0.667. The van der Waals surface area contributed by atoms with Gasteiger partial charge in [0.05, 0.1) is 0 Å². The summed E-state index contributed by atoms with van der Waals surface area (Å²) in [5.74, 6) is 0.477. The first-order valence-electron chi connectivity index (χ1n) is 3.17. The van der Waals surface area contributed by atoms with Crippen LogP contribution in [0.2, 0.25) is 0 Å². The van der Waals surface area contributed by atoms with E-state index in [4.69, 9.17) is 5.73 Å². The third-order valence-electron chi connectivity index (χ3n) is 1.81. The molecule has 0 heterocycles. The zero-order chi connectivity index (χ0) is 5.98. The predicted molar refractivity (Wildman–Crippen MR) is 31.3 cm³/mol. The molecule has 0 amide bonds. The topological polar surface area (TPSA) is 26.0 Å². The van der Waals surface area contributed by atoms with Gasteiger partial charge in [-0.15, -0.1) is 0 Å². The fraction of sp³-hybridized carbons (Fsp3) is 1.00. The Labute approximate surface area is 49.1 Å². The Kier molecular flexibility index (Phi) is 1.84. The van der Waals surface area contributed by atoms with Gasteiger partial charge in [-0.1, -0.05) is 0 Å². The largest absolute Gasteiger partial charge is 0.330 e. The van der Waals surface area contributed by atoms with Crippen LogP contribution in [0.25, 0.3) is 0 Å². The summed E-state index contributed by atoms with van der Waals surface area (Å²) in [6.07, 6.45) is 1.89. The average Bonchev–Trinajstić information content (AvgIpc) is 2.14. The number of alkyl halides is 1. The van der Waals surface area contributed by atoms with Gasteiger partial charge >= 0.3 is 0 Å². The normalized spacial score (nSPS) is 38.2. The highest BCUT2D eigenvalue weighted by atomic mass is 19.1. The van der Waals surface area contributed by atoms with Gasteiger partial charge in [0.25, 0.3) is 0 Å². The average molecular weight is 117 g/mol. The van der Waals surface area contributed by atoms with E-state index in [2.05, 4.69) is 0 Å². The second kappa shape index (κ2) is 2.44. The van der Waals surface area contributed by atoms with Gasteiger partial charge in [-0.3, -0.25) is 0 Å². The van der Waals surface area contributed by atoms with Gasteiger partial charge in [-0.2, -0.15) is 0 Å². The summed E-state index contributed by atoms with van der Waals surface area (Å²) in [7, 11) is 0. The summed E-state index contributed by atoms with van der Waals surface area (Å²) in [4.78, 5) is 0. The summed E-state index contributed by atoms with van der Waals surface area (Å²) in [5.41, 5.74) is 5.33. The van der Waals surface area contributed by atoms with Crippen molar-refractivity contribution in [1.82, 2.24) is 0 Å². The third kappa shape index (κ3) is 1.19. The van der Waals surface area contributed by atoms with E-state index in [-0.39, 0.29) is 0 Å². The first kappa shape index (κ1) is 6.02. The monoisotopic (exact) mass is 117 g/mol. The molecule has 1 nitrogen and oxygen atoms in total. The van der Waals surface area contributed by atoms with Crippen LogP contribution in [0.15, 0.2) is 0 Å². The van der Waals surface area contributed by atoms with Crippen LogP contribution in [0, 0.1) is 5.92 Å². The Hall–Kier alpha value is -0.110. The standard InChI is InChI=1S/C6H12FN/c7-6-2-1-5(3-6)4-8/h5-6H,1-4,8H2/t5-,6+/m0/s1. The van der Waals surface area contributed by atoms with Gasteiger partial charge in [0.1, 0.15) is 6.17 Å². The van der Waals surface area contributed by atoms with Crippen molar-refractivity contribution in [2.75, 3.05) is 6.54 Å². The maximum atomic E-state index is 12.3. The summed E-state index contributed by atoms with van der Waals surface area (Å²) in [5, 5.41) is 0.